The lowest BCUT2D eigenvalue weighted by Crippen LogP contribution is -2.19. The molecule has 1 heterocycles. The molecule has 0 atom stereocenters. The average Bonchev–Trinajstić information content (AvgIpc) is 3.31. The molecule has 1 N–H and O–H groups in total. The SMILES string of the molecule is O=C(CSc1nc2ccccc2s1)NN=Cc1c(OCc2ccccc2Cl)ccc2ccccc12. The Morgan fingerprint density at radius 3 is 2.71 bits per heavy atom. The zero-order valence-corrected chi connectivity index (χ0v) is 20.9. The number of para-hydroxylation sites is 1. The third kappa shape index (κ3) is 5.65. The molecule has 8 heteroatoms. The zero-order chi connectivity index (χ0) is 24.0. The van der Waals surface area contributed by atoms with Crippen molar-refractivity contribution >= 4 is 67.8 Å². The van der Waals surface area contributed by atoms with Crippen molar-refractivity contribution in [1.82, 2.24) is 10.4 Å². The van der Waals surface area contributed by atoms with Crippen LogP contribution in [0.3, 0.4) is 0 Å². The van der Waals surface area contributed by atoms with Gasteiger partial charge in [0.2, 0.25) is 0 Å². The number of thioether (sulfide) groups is 1. The van der Waals surface area contributed by atoms with Crippen LogP contribution in [-0.2, 0) is 11.4 Å². The number of nitrogens with zero attached hydrogens (tertiary/aromatic N) is 2. The normalized spacial score (nSPS) is 11.3. The summed E-state index contributed by atoms with van der Waals surface area (Å²) in [5.41, 5.74) is 5.24. The first-order valence-corrected chi connectivity index (χ1v) is 13.0. The summed E-state index contributed by atoms with van der Waals surface area (Å²) in [6.07, 6.45) is 1.63. The Hall–Kier alpha value is -3.39. The smallest absolute Gasteiger partial charge is 0.250 e. The topological polar surface area (TPSA) is 63.6 Å². The molecular weight excluding hydrogens is 498 g/mol. The van der Waals surface area contributed by atoms with Crippen molar-refractivity contribution in [3.05, 3.63) is 101 Å². The molecule has 0 aliphatic rings. The average molecular weight is 518 g/mol. The Morgan fingerprint density at radius 2 is 1.83 bits per heavy atom. The molecule has 1 amide bonds. The molecule has 1 aromatic heterocycles. The Labute approximate surface area is 215 Å². The van der Waals surface area contributed by atoms with Crippen LogP contribution in [0.15, 0.2) is 94.4 Å². The van der Waals surface area contributed by atoms with Crippen LogP contribution in [0.4, 0.5) is 0 Å². The van der Waals surface area contributed by atoms with E-state index >= 15 is 0 Å². The number of rotatable bonds is 8. The van der Waals surface area contributed by atoms with Gasteiger partial charge in [0.25, 0.3) is 5.91 Å². The van der Waals surface area contributed by atoms with Gasteiger partial charge in [0, 0.05) is 16.1 Å². The lowest BCUT2D eigenvalue weighted by atomic mass is 10.0. The fourth-order valence-corrected chi connectivity index (χ4v) is 5.60. The van der Waals surface area contributed by atoms with Crippen LogP contribution in [-0.4, -0.2) is 22.9 Å². The second-order valence-corrected chi connectivity index (χ2v) is 10.3. The summed E-state index contributed by atoms with van der Waals surface area (Å²) in [4.78, 5) is 17.0. The highest BCUT2D eigenvalue weighted by Gasteiger charge is 2.10. The van der Waals surface area contributed by atoms with Gasteiger partial charge >= 0.3 is 0 Å². The Kier molecular flexibility index (Phi) is 7.28. The van der Waals surface area contributed by atoms with Crippen LogP contribution in [0.2, 0.25) is 5.02 Å². The van der Waals surface area contributed by atoms with E-state index in [2.05, 4.69) is 15.5 Å². The number of hydrazone groups is 1. The van der Waals surface area contributed by atoms with Crippen LogP contribution in [0.25, 0.3) is 21.0 Å². The molecule has 0 aliphatic heterocycles. The summed E-state index contributed by atoms with van der Waals surface area (Å²) in [7, 11) is 0. The number of halogens is 1. The first-order chi connectivity index (χ1) is 17.2. The van der Waals surface area contributed by atoms with Crippen LogP contribution >= 0.6 is 34.7 Å². The molecule has 35 heavy (non-hydrogen) atoms. The second kappa shape index (κ2) is 10.9. The fraction of sp³-hybridized carbons (Fsp3) is 0.0741. The number of fused-ring (bicyclic) bond motifs is 2. The Morgan fingerprint density at radius 1 is 1.03 bits per heavy atom. The Balaban J connectivity index is 1.28. The summed E-state index contributed by atoms with van der Waals surface area (Å²) in [5, 5.41) is 6.90. The molecule has 0 saturated carbocycles. The van der Waals surface area contributed by atoms with Gasteiger partial charge < -0.3 is 4.74 Å². The van der Waals surface area contributed by atoms with Gasteiger partial charge in [0.15, 0.2) is 4.34 Å². The first kappa shape index (κ1) is 23.4. The van der Waals surface area contributed by atoms with Crippen LogP contribution < -0.4 is 10.2 Å². The van der Waals surface area contributed by atoms with E-state index in [4.69, 9.17) is 16.3 Å². The summed E-state index contributed by atoms with van der Waals surface area (Å²) < 4.78 is 8.07. The van der Waals surface area contributed by atoms with Crippen LogP contribution in [0.1, 0.15) is 11.1 Å². The molecule has 0 spiro atoms. The number of ether oxygens (including phenoxy) is 1. The van der Waals surface area contributed by atoms with Crippen molar-refractivity contribution in [3.8, 4) is 5.75 Å². The number of benzene rings is 4. The number of hydrogen-bond donors (Lipinski definition) is 1. The number of carbonyl (C=O) groups is 1. The number of amides is 1. The van der Waals surface area contributed by atoms with Gasteiger partial charge in [0.05, 0.1) is 22.2 Å². The van der Waals surface area contributed by atoms with Crippen molar-refractivity contribution in [2.24, 2.45) is 5.10 Å². The molecule has 0 aliphatic carbocycles. The summed E-state index contributed by atoms with van der Waals surface area (Å²) in [6, 6.07) is 27.4. The van der Waals surface area contributed by atoms with Gasteiger partial charge in [-0.3, -0.25) is 4.79 Å². The quantitative estimate of drug-likeness (QED) is 0.138. The van der Waals surface area contributed by atoms with Crippen molar-refractivity contribution < 1.29 is 9.53 Å². The maximum atomic E-state index is 12.4. The van der Waals surface area contributed by atoms with E-state index in [1.54, 1.807) is 17.6 Å². The second-order valence-electron chi connectivity index (χ2n) is 7.61. The van der Waals surface area contributed by atoms with E-state index in [-0.39, 0.29) is 11.7 Å². The standard InChI is InChI=1S/C27H20ClN3O2S2/c28-22-10-4-2-8-19(22)16-33-24-14-13-18-7-1-3-9-20(18)21(24)15-29-31-26(32)17-34-27-30-23-11-5-6-12-25(23)35-27/h1-15H,16-17H2,(H,31,32). The molecule has 174 valence electrons. The predicted molar refractivity (Wildman–Crippen MR) is 146 cm³/mol. The van der Waals surface area contributed by atoms with E-state index < -0.39 is 0 Å². The molecular formula is C27H20ClN3O2S2. The maximum Gasteiger partial charge on any atom is 0.250 e. The third-order valence-electron chi connectivity index (χ3n) is 5.26. The molecule has 5 rings (SSSR count). The predicted octanol–water partition coefficient (Wildman–Crippen LogP) is 6.92. The highest BCUT2D eigenvalue weighted by atomic mass is 35.5. The van der Waals surface area contributed by atoms with Crippen molar-refractivity contribution in [2.75, 3.05) is 5.75 Å². The minimum atomic E-state index is -0.204. The largest absolute Gasteiger partial charge is 0.488 e. The van der Waals surface area contributed by atoms with Crippen molar-refractivity contribution in [1.29, 1.82) is 0 Å². The van der Waals surface area contributed by atoms with Gasteiger partial charge in [-0.1, -0.05) is 84.0 Å². The minimum absolute atomic E-state index is 0.204. The van der Waals surface area contributed by atoms with Crippen molar-refractivity contribution in [3.63, 3.8) is 0 Å². The minimum Gasteiger partial charge on any atom is -0.488 e. The highest BCUT2D eigenvalue weighted by Crippen LogP contribution is 2.30. The van der Waals surface area contributed by atoms with Crippen LogP contribution in [0.5, 0.6) is 5.75 Å². The van der Waals surface area contributed by atoms with E-state index in [1.165, 1.54) is 11.8 Å². The molecule has 0 unspecified atom stereocenters. The van der Waals surface area contributed by atoms with E-state index in [0.29, 0.717) is 17.4 Å². The number of carbonyl (C=O) groups excluding carboxylic acids is 1. The lowest BCUT2D eigenvalue weighted by Gasteiger charge is -2.12. The molecule has 0 saturated heterocycles. The Bertz CT molecular complexity index is 1500. The lowest BCUT2D eigenvalue weighted by molar-refractivity contribution is -0.118. The van der Waals surface area contributed by atoms with Gasteiger partial charge in [0.1, 0.15) is 12.4 Å². The summed E-state index contributed by atoms with van der Waals surface area (Å²) >= 11 is 9.25. The molecule has 0 radical (unpaired) electrons. The summed E-state index contributed by atoms with van der Waals surface area (Å²) in [6.45, 7) is 0.323. The van der Waals surface area contributed by atoms with Gasteiger partial charge in [-0.15, -0.1) is 11.3 Å². The number of hydrogen-bond acceptors (Lipinski definition) is 6. The third-order valence-corrected chi connectivity index (χ3v) is 7.80. The fourth-order valence-electron chi connectivity index (χ4n) is 3.55. The maximum absolute atomic E-state index is 12.4. The molecule has 5 nitrogen and oxygen atoms in total. The number of aromatic nitrogens is 1. The van der Waals surface area contributed by atoms with E-state index in [9.17, 15) is 4.79 Å². The molecule has 0 fully saturated rings. The van der Waals surface area contributed by atoms with Crippen LogP contribution in [0, 0.1) is 0 Å². The monoisotopic (exact) mass is 517 g/mol. The highest BCUT2D eigenvalue weighted by molar-refractivity contribution is 8.01. The molecule has 0 bridgehead atoms. The van der Waals surface area contributed by atoms with Gasteiger partial charge in [-0.05, 0) is 35.0 Å². The summed E-state index contributed by atoms with van der Waals surface area (Å²) in [5.74, 6) is 0.678. The van der Waals surface area contributed by atoms with E-state index in [1.807, 2.05) is 84.9 Å². The zero-order valence-electron chi connectivity index (χ0n) is 18.5. The van der Waals surface area contributed by atoms with Gasteiger partial charge in [-0.25, -0.2) is 10.4 Å². The number of nitrogens with one attached hydrogen (secondary N) is 1. The molecule has 5 aromatic rings. The first-order valence-electron chi connectivity index (χ1n) is 10.9. The van der Waals surface area contributed by atoms with Gasteiger partial charge in [-0.2, -0.15) is 5.10 Å². The number of thiazole rings is 1. The van der Waals surface area contributed by atoms with E-state index in [0.717, 1.165) is 36.5 Å². The van der Waals surface area contributed by atoms with Crippen molar-refractivity contribution in [2.45, 2.75) is 10.9 Å². The molecule has 4 aromatic carbocycles.